The van der Waals surface area contributed by atoms with Gasteiger partial charge in [0.2, 0.25) is 0 Å². The third-order valence-corrected chi connectivity index (χ3v) is 3.06. The fourth-order valence-electron chi connectivity index (χ4n) is 1.97. The molecule has 17 heavy (non-hydrogen) atoms. The van der Waals surface area contributed by atoms with Crippen LogP contribution < -0.4 is 5.32 Å². The van der Waals surface area contributed by atoms with Gasteiger partial charge in [0.15, 0.2) is 0 Å². The van der Waals surface area contributed by atoms with Crippen molar-refractivity contribution in [3.63, 3.8) is 0 Å². The van der Waals surface area contributed by atoms with Crippen molar-refractivity contribution in [2.45, 2.75) is 25.5 Å². The van der Waals surface area contributed by atoms with Crippen LogP contribution in [0.4, 0.5) is 0 Å². The molecule has 1 aliphatic rings. The molecule has 1 aromatic heterocycles. The molecule has 2 N–H and O–H groups in total. The second-order valence-corrected chi connectivity index (χ2v) is 4.39. The summed E-state index contributed by atoms with van der Waals surface area (Å²) in [7, 11) is 0. The van der Waals surface area contributed by atoms with Gasteiger partial charge in [-0.05, 0) is 19.1 Å². The fraction of sp³-hybridized carbons (Fsp3) is 0.583. The van der Waals surface area contributed by atoms with E-state index in [-0.39, 0.29) is 12.5 Å². The first kappa shape index (κ1) is 12.1. The van der Waals surface area contributed by atoms with E-state index in [2.05, 4.69) is 5.32 Å². The van der Waals surface area contributed by atoms with E-state index in [1.165, 1.54) is 0 Å². The molecule has 5 nitrogen and oxygen atoms in total. The number of aliphatic hydroxyl groups is 1. The maximum atomic E-state index is 11.9. The summed E-state index contributed by atoms with van der Waals surface area (Å²) in [5, 5.41) is 12.8. The Hall–Kier alpha value is -1.33. The van der Waals surface area contributed by atoms with Crippen molar-refractivity contribution in [1.82, 2.24) is 9.88 Å². The van der Waals surface area contributed by atoms with Crippen LogP contribution >= 0.6 is 0 Å². The molecule has 2 rings (SSSR count). The third kappa shape index (κ3) is 2.68. The number of ether oxygens (including phenoxy) is 1. The molecule has 5 heteroatoms. The van der Waals surface area contributed by atoms with Crippen LogP contribution in [0.3, 0.4) is 0 Å². The number of hydrogen-bond acceptors (Lipinski definition) is 3. The molecule has 1 saturated heterocycles. The van der Waals surface area contributed by atoms with Crippen LogP contribution in [0.1, 0.15) is 23.8 Å². The molecule has 1 fully saturated rings. The van der Waals surface area contributed by atoms with Crippen molar-refractivity contribution >= 4 is 5.91 Å². The van der Waals surface area contributed by atoms with Crippen LogP contribution in [-0.4, -0.2) is 40.9 Å². The Morgan fingerprint density at radius 3 is 3.18 bits per heavy atom. The predicted octanol–water partition coefficient (Wildman–Crippen LogP) is 0.389. The summed E-state index contributed by atoms with van der Waals surface area (Å²) in [6, 6.07) is 3.61. The maximum absolute atomic E-state index is 11.9. The molecule has 0 spiro atoms. The van der Waals surface area contributed by atoms with E-state index in [0.717, 1.165) is 6.54 Å². The van der Waals surface area contributed by atoms with E-state index >= 15 is 0 Å². The van der Waals surface area contributed by atoms with E-state index in [1.54, 1.807) is 6.07 Å². The molecule has 0 bridgehead atoms. The lowest BCUT2D eigenvalue weighted by Crippen LogP contribution is -2.43. The zero-order valence-corrected chi connectivity index (χ0v) is 9.98. The van der Waals surface area contributed by atoms with Crippen LogP contribution in [-0.2, 0) is 11.3 Å². The fourth-order valence-corrected chi connectivity index (χ4v) is 1.97. The number of rotatable bonds is 4. The minimum atomic E-state index is -0.903. The van der Waals surface area contributed by atoms with Gasteiger partial charge >= 0.3 is 0 Å². The van der Waals surface area contributed by atoms with Gasteiger partial charge in [-0.1, -0.05) is 0 Å². The molecule has 1 atom stereocenters. The van der Waals surface area contributed by atoms with Gasteiger partial charge in [-0.3, -0.25) is 4.79 Å². The summed E-state index contributed by atoms with van der Waals surface area (Å²) < 4.78 is 6.99. The summed E-state index contributed by atoms with van der Waals surface area (Å²) in [5.41, 5.74) is -0.283. The van der Waals surface area contributed by atoms with Crippen LogP contribution in [0.15, 0.2) is 18.3 Å². The minimum Gasteiger partial charge on any atom is -0.386 e. The summed E-state index contributed by atoms with van der Waals surface area (Å²) in [4.78, 5) is 11.9. The van der Waals surface area contributed by atoms with E-state index in [0.29, 0.717) is 25.3 Å². The Labute approximate surface area is 100 Å². The Bertz CT molecular complexity index is 394. The largest absolute Gasteiger partial charge is 0.386 e. The quantitative estimate of drug-likeness (QED) is 0.797. The molecular weight excluding hydrogens is 220 g/mol. The van der Waals surface area contributed by atoms with Crippen molar-refractivity contribution in [3.8, 4) is 0 Å². The van der Waals surface area contributed by atoms with Crippen molar-refractivity contribution in [2.75, 3.05) is 19.8 Å². The zero-order chi connectivity index (χ0) is 12.3. The van der Waals surface area contributed by atoms with Crippen LogP contribution in [0, 0.1) is 0 Å². The summed E-state index contributed by atoms with van der Waals surface area (Å²) in [6.07, 6.45) is 2.43. The molecule has 1 unspecified atom stereocenters. The minimum absolute atomic E-state index is 0.155. The first-order chi connectivity index (χ1) is 8.14. The van der Waals surface area contributed by atoms with Gasteiger partial charge in [-0.15, -0.1) is 0 Å². The number of aryl methyl sites for hydroxylation is 1. The van der Waals surface area contributed by atoms with Gasteiger partial charge in [-0.2, -0.15) is 0 Å². The Kier molecular flexibility index (Phi) is 3.49. The first-order valence-electron chi connectivity index (χ1n) is 5.88. The second kappa shape index (κ2) is 4.89. The zero-order valence-electron chi connectivity index (χ0n) is 9.98. The molecule has 94 valence electrons. The highest BCUT2D eigenvalue weighted by molar-refractivity contribution is 5.92. The van der Waals surface area contributed by atoms with Crippen LogP contribution in [0.2, 0.25) is 0 Å². The van der Waals surface area contributed by atoms with Crippen molar-refractivity contribution in [1.29, 1.82) is 0 Å². The number of amides is 1. The van der Waals surface area contributed by atoms with E-state index in [4.69, 9.17) is 4.74 Å². The molecule has 0 radical (unpaired) electrons. The third-order valence-electron chi connectivity index (χ3n) is 3.06. The SMILES string of the molecule is CCn1cccc1C(=O)NCC1(O)CCOC1. The van der Waals surface area contributed by atoms with Crippen LogP contribution in [0.5, 0.6) is 0 Å². The molecule has 1 amide bonds. The van der Waals surface area contributed by atoms with Gasteiger partial charge in [0, 0.05) is 32.3 Å². The number of nitrogens with zero attached hydrogens (tertiary/aromatic N) is 1. The van der Waals surface area contributed by atoms with Gasteiger partial charge in [0.25, 0.3) is 5.91 Å². The van der Waals surface area contributed by atoms with Crippen LogP contribution in [0.25, 0.3) is 0 Å². The topological polar surface area (TPSA) is 63.5 Å². The van der Waals surface area contributed by atoms with Crippen molar-refractivity contribution < 1.29 is 14.6 Å². The number of carbonyl (C=O) groups is 1. The molecule has 0 aliphatic carbocycles. The highest BCUT2D eigenvalue weighted by Gasteiger charge is 2.32. The van der Waals surface area contributed by atoms with E-state index in [1.807, 2.05) is 23.8 Å². The second-order valence-electron chi connectivity index (χ2n) is 4.39. The summed E-state index contributed by atoms with van der Waals surface area (Å²) in [5.74, 6) is -0.155. The molecule has 1 aromatic rings. The number of nitrogens with one attached hydrogen (secondary N) is 1. The monoisotopic (exact) mass is 238 g/mol. The summed E-state index contributed by atoms with van der Waals surface area (Å²) in [6.45, 7) is 3.82. The lowest BCUT2D eigenvalue weighted by molar-refractivity contribution is 0.0263. The highest BCUT2D eigenvalue weighted by atomic mass is 16.5. The summed E-state index contributed by atoms with van der Waals surface area (Å²) >= 11 is 0. The lowest BCUT2D eigenvalue weighted by atomic mass is 10.0. The lowest BCUT2D eigenvalue weighted by Gasteiger charge is -2.20. The molecule has 1 aliphatic heterocycles. The normalized spacial score (nSPS) is 23.9. The Morgan fingerprint density at radius 2 is 2.53 bits per heavy atom. The van der Waals surface area contributed by atoms with Crippen molar-refractivity contribution in [2.24, 2.45) is 0 Å². The Balaban J connectivity index is 1.93. The standard InChI is InChI=1S/C12H18N2O3/c1-2-14-6-3-4-10(14)11(15)13-8-12(16)5-7-17-9-12/h3-4,6,16H,2,5,7-9H2,1H3,(H,13,15). The molecule has 2 heterocycles. The molecule has 0 aromatic carbocycles. The Morgan fingerprint density at radius 1 is 1.71 bits per heavy atom. The molecular formula is C12H18N2O3. The van der Waals surface area contributed by atoms with E-state index in [9.17, 15) is 9.90 Å². The first-order valence-corrected chi connectivity index (χ1v) is 5.88. The number of carbonyl (C=O) groups excluding carboxylic acids is 1. The smallest absolute Gasteiger partial charge is 0.268 e. The maximum Gasteiger partial charge on any atom is 0.268 e. The van der Waals surface area contributed by atoms with Gasteiger partial charge in [0.1, 0.15) is 11.3 Å². The van der Waals surface area contributed by atoms with Crippen molar-refractivity contribution in [3.05, 3.63) is 24.0 Å². The van der Waals surface area contributed by atoms with Gasteiger partial charge < -0.3 is 19.7 Å². The van der Waals surface area contributed by atoms with Gasteiger partial charge in [-0.25, -0.2) is 0 Å². The number of aromatic nitrogens is 1. The van der Waals surface area contributed by atoms with E-state index < -0.39 is 5.60 Å². The average molecular weight is 238 g/mol. The highest BCUT2D eigenvalue weighted by Crippen LogP contribution is 2.17. The predicted molar refractivity (Wildman–Crippen MR) is 62.8 cm³/mol. The molecule has 0 saturated carbocycles. The number of hydrogen-bond donors (Lipinski definition) is 2. The average Bonchev–Trinajstić information content (AvgIpc) is 2.95. The van der Waals surface area contributed by atoms with Gasteiger partial charge in [0.05, 0.1) is 6.61 Å².